The maximum atomic E-state index is 5.73. The lowest BCUT2D eigenvalue weighted by Gasteiger charge is -2.07. The quantitative estimate of drug-likeness (QED) is 0.818. The number of aromatic nitrogens is 1. The maximum absolute atomic E-state index is 5.73. The molecule has 0 amide bonds. The minimum atomic E-state index is 0.636. The van der Waals surface area contributed by atoms with E-state index in [0.717, 1.165) is 18.3 Å². The minimum Gasteiger partial charge on any atom is -0.439 e. The first-order chi connectivity index (χ1) is 9.83. The molecule has 1 saturated carbocycles. The van der Waals surface area contributed by atoms with E-state index in [1.165, 1.54) is 23.3 Å². The van der Waals surface area contributed by atoms with Crippen molar-refractivity contribution in [1.82, 2.24) is 10.3 Å². The van der Waals surface area contributed by atoms with E-state index in [4.69, 9.17) is 4.74 Å². The second-order valence-corrected chi connectivity index (χ2v) is 5.82. The highest BCUT2D eigenvalue weighted by Crippen LogP contribution is 2.23. The van der Waals surface area contributed by atoms with Crippen LogP contribution in [0.3, 0.4) is 0 Å². The monoisotopic (exact) mass is 286 g/mol. The molecule has 1 aliphatic rings. The molecule has 0 aliphatic heterocycles. The largest absolute Gasteiger partial charge is 0.439 e. The Labute approximate surface area is 123 Å². The lowest BCUT2D eigenvalue weighted by molar-refractivity contribution is 0.462. The summed E-state index contributed by atoms with van der Waals surface area (Å²) in [4.78, 5) is 5.58. The van der Waals surface area contributed by atoms with Gasteiger partial charge in [0, 0.05) is 29.7 Å². The van der Waals surface area contributed by atoms with Gasteiger partial charge >= 0.3 is 0 Å². The Morgan fingerprint density at radius 2 is 2.00 bits per heavy atom. The van der Waals surface area contributed by atoms with E-state index in [-0.39, 0.29) is 0 Å². The van der Waals surface area contributed by atoms with Crippen LogP contribution in [0.15, 0.2) is 47.5 Å². The van der Waals surface area contributed by atoms with Crippen molar-refractivity contribution in [2.75, 3.05) is 6.26 Å². The number of ether oxygens (including phenoxy) is 1. The van der Waals surface area contributed by atoms with Gasteiger partial charge in [-0.15, -0.1) is 11.8 Å². The van der Waals surface area contributed by atoms with Gasteiger partial charge in [-0.3, -0.25) is 0 Å². The SMILES string of the molecule is CSc1ccc(Oc2ccc(CNC3CC3)cn2)cc1. The first kappa shape index (κ1) is 13.5. The third kappa shape index (κ3) is 3.74. The minimum absolute atomic E-state index is 0.636. The molecule has 1 aromatic heterocycles. The molecule has 0 unspecified atom stereocenters. The van der Waals surface area contributed by atoms with E-state index in [9.17, 15) is 0 Å². The zero-order valence-corrected chi connectivity index (χ0v) is 12.3. The molecule has 0 spiro atoms. The number of nitrogens with one attached hydrogen (secondary N) is 1. The van der Waals surface area contributed by atoms with Gasteiger partial charge in [-0.05, 0) is 48.9 Å². The van der Waals surface area contributed by atoms with Crippen LogP contribution >= 0.6 is 11.8 Å². The molecule has 2 aromatic rings. The molecule has 0 saturated heterocycles. The average molecular weight is 286 g/mol. The Balaban J connectivity index is 1.58. The van der Waals surface area contributed by atoms with Crippen molar-refractivity contribution in [3.8, 4) is 11.6 Å². The number of hydrogen-bond donors (Lipinski definition) is 1. The molecule has 0 atom stereocenters. The van der Waals surface area contributed by atoms with Crippen molar-refractivity contribution in [2.45, 2.75) is 30.3 Å². The lowest BCUT2D eigenvalue weighted by Crippen LogP contribution is -2.15. The van der Waals surface area contributed by atoms with Crippen LogP contribution in [0.1, 0.15) is 18.4 Å². The fourth-order valence-corrected chi connectivity index (χ4v) is 2.30. The molecule has 3 nitrogen and oxygen atoms in total. The van der Waals surface area contributed by atoms with E-state index >= 15 is 0 Å². The first-order valence-electron chi connectivity index (χ1n) is 6.84. The average Bonchev–Trinajstić information content (AvgIpc) is 3.32. The van der Waals surface area contributed by atoms with Crippen molar-refractivity contribution >= 4 is 11.8 Å². The highest BCUT2D eigenvalue weighted by molar-refractivity contribution is 7.98. The fourth-order valence-electron chi connectivity index (χ4n) is 1.89. The summed E-state index contributed by atoms with van der Waals surface area (Å²) in [5.41, 5.74) is 1.20. The third-order valence-corrected chi connectivity index (χ3v) is 4.00. The van der Waals surface area contributed by atoms with Gasteiger partial charge in [-0.25, -0.2) is 4.98 Å². The molecule has 1 N–H and O–H groups in total. The molecule has 1 aliphatic carbocycles. The summed E-state index contributed by atoms with van der Waals surface area (Å²) in [5.74, 6) is 1.45. The Bertz CT molecular complexity index is 550. The van der Waals surface area contributed by atoms with Crippen molar-refractivity contribution in [2.24, 2.45) is 0 Å². The van der Waals surface area contributed by atoms with Crippen molar-refractivity contribution in [3.63, 3.8) is 0 Å². The number of benzene rings is 1. The van der Waals surface area contributed by atoms with Gasteiger partial charge in [0.25, 0.3) is 0 Å². The van der Waals surface area contributed by atoms with E-state index in [1.807, 2.05) is 36.5 Å². The second-order valence-electron chi connectivity index (χ2n) is 4.94. The van der Waals surface area contributed by atoms with Gasteiger partial charge in [0.05, 0.1) is 0 Å². The molecular formula is C16H18N2OS. The summed E-state index contributed by atoms with van der Waals surface area (Å²) >= 11 is 1.72. The van der Waals surface area contributed by atoms with Gasteiger partial charge in [-0.1, -0.05) is 6.07 Å². The van der Waals surface area contributed by atoms with Gasteiger partial charge in [0.2, 0.25) is 5.88 Å². The van der Waals surface area contributed by atoms with Crippen LogP contribution in [0.2, 0.25) is 0 Å². The van der Waals surface area contributed by atoms with Crippen LogP contribution in [0.25, 0.3) is 0 Å². The number of pyridine rings is 1. The second kappa shape index (κ2) is 6.29. The zero-order chi connectivity index (χ0) is 13.8. The zero-order valence-electron chi connectivity index (χ0n) is 11.5. The standard InChI is InChI=1S/C16H18N2OS/c1-20-15-7-5-14(6-8-15)19-16-9-2-12(11-18-16)10-17-13-3-4-13/h2,5-9,11,13,17H,3-4,10H2,1H3. The predicted octanol–water partition coefficient (Wildman–Crippen LogP) is 3.85. The smallest absolute Gasteiger partial charge is 0.219 e. The van der Waals surface area contributed by atoms with Crippen molar-refractivity contribution in [3.05, 3.63) is 48.2 Å². The summed E-state index contributed by atoms with van der Waals surface area (Å²) in [6, 6.07) is 12.7. The molecule has 0 radical (unpaired) electrons. The topological polar surface area (TPSA) is 34.1 Å². The Morgan fingerprint density at radius 1 is 1.20 bits per heavy atom. The Kier molecular flexibility index (Phi) is 4.23. The highest BCUT2D eigenvalue weighted by atomic mass is 32.2. The summed E-state index contributed by atoms with van der Waals surface area (Å²) < 4.78 is 5.73. The van der Waals surface area contributed by atoms with Gasteiger partial charge in [0.15, 0.2) is 0 Å². The Morgan fingerprint density at radius 3 is 2.60 bits per heavy atom. The number of thioether (sulfide) groups is 1. The molecule has 1 heterocycles. The third-order valence-electron chi connectivity index (χ3n) is 3.25. The number of nitrogens with zero attached hydrogens (tertiary/aromatic N) is 1. The van der Waals surface area contributed by atoms with Crippen LogP contribution in [-0.2, 0) is 6.54 Å². The van der Waals surface area contributed by atoms with Gasteiger partial charge in [0.1, 0.15) is 5.75 Å². The summed E-state index contributed by atoms with van der Waals surface area (Å²) in [6.07, 6.45) is 6.55. The number of rotatable bonds is 6. The van der Waals surface area contributed by atoms with Crippen molar-refractivity contribution < 1.29 is 4.74 Å². The molecule has 1 fully saturated rings. The van der Waals surface area contributed by atoms with E-state index in [0.29, 0.717) is 5.88 Å². The van der Waals surface area contributed by atoms with Gasteiger partial charge < -0.3 is 10.1 Å². The normalized spacial score (nSPS) is 14.2. The highest BCUT2D eigenvalue weighted by Gasteiger charge is 2.19. The summed E-state index contributed by atoms with van der Waals surface area (Å²) in [6.45, 7) is 0.889. The van der Waals surface area contributed by atoms with Crippen LogP contribution in [0.4, 0.5) is 0 Å². The Hall–Kier alpha value is -1.52. The van der Waals surface area contributed by atoms with Crippen LogP contribution in [-0.4, -0.2) is 17.3 Å². The predicted molar refractivity (Wildman–Crippen MR) is 82.4 cm³/mol. The van der Waals surface area contributed by atoms with E-state index in [2.05, 4.69) is 22.6 Å². The molecule has 0 bridgehead atoms. The molecule has 20 heavy (non-hydrogen) atoms. The van der Waals surface area contributed by atoms with E-state index < -0.39 is 0 Å². The molecule has 104 valence electrons. The summed E-state index contributed by atoms with van der Waals surface area (Å²) in [7, 11) is 0. The maximum Gasteiger partial charge on any atom is 0.219 e. The molecule has 3 rings (SSSR count). The molecule has 4 heteroatoms. The van der Waals surface area contributed by atoms with Crippen LogP contribution in [0.5, 0.6) is 11.6 Å². The summed E-state index contributed by atoms with van der Waals surface area (Å²) in [5, 5.41) is 3.47. The lowest BCUT2D eigenvalue weighted by atomic mass is 10.3. The first-order valence-corrected chi connectivity index (χ1v) is 8.06. The molecular weight excluding hydrogens is 268 g/mol. The van der Waals surface area contributed by atoms with Crippen LogP contribution < -0.4 is 10.1 Å². The van der Waals surface area contributed by atoms with Gasteiger partial charge in [-0.2, -0.15) is 0 Å². The van der Waals surface area contributed by atoms with E-state index in [1.54, 1.807) is 11.8 Å². The number of hydrogen-bond acceptors (Lipinski definition) is 4. The van der Waals surface area contributed by atoms with Crippen molar-refractivity contribution in [1.29, 1.82) is 0 Å². The van der Waals surface area contributed by atoms with Crippen LogP contribution in [0, 0.1) is 0 Å². The fraction of sp³-hybridized carbons (Fsp3) is 0.312. The molecule has 1 aromatic carbocycles.